The van der Waals surface area contributed by atoms with Crippen LogP contribution >= 0.6 is 0 Å². The molecule has 4 nitrogen and oxygen atoms in total. The van der Waals surface area contributed by atoms with Crippen LogP contribution in [0.3, 0.4) is 0 Å². The number of unbranched alkanes of at least 4 members (excludes halogenated alkanes) is 2. The third-order valence-corrected chi connectivity index (χ3v) is 0.984. The normalized spacial score (nSPS) is 9.00. The molecule has 0 saturated heterocycles. The summed E-state index contributed by atoms with van der Waals surface area (Å²) in [5.41, 5.74) is 2.39. The summed E-state index contributed by atoms with van der Waals surface area (Å²) >= 11 is 0. The van der Waals surface area contributed by atoms with Crippen LogP contribution in [-0.4, -0.2) is 6.54 Å². The van der Waals surface area contributed by atoms with Crippen LogP contribution in [0, 0.1) is 4.91 Å². The van der Waals surface area contributed by atoms with Crippen molar-refractivity contribution in [1.29, 1.82) is 0 Å². The zero-order valence-electron chi connectivity index (χ0n) is 5.59. The van der Waals surface area contributed by atoms with Crippen LogP contribution in [0.4, 0.5) is 0 Å². The van der Waals surface area contributed by atoms with Gasteiger partial charge in [0.1, 0.15) is 0 Å². The largest absolute Gasteiger partial charge is 0.263 e. The van der Waals surface area contributed by atoms with Crippen LogP contribution in [0.25, 0.3) is 0 Å². The van der Waals surface area contributed by atoms with Gasteiger partial charge in [-0.05, 0) is 6.42 Å². The fraction of sp³-hybridized carbons (Fsp3) is 1.00. The van der Waals surface area contributed by atoms with Gasteiger partial charge in [0.05, 0.1) is 0 Å². The Morgan fingerprint density at radius 3 is 2.89 bits per heavy atom. The molecule has 54 valence electrons. The number of hydrogen-bond acceptors (Lipinski definition) is 4. The van der Waals surface area contributed by atoms with Crippen LogP contribution in [0.15, 0.2) is 5.34 Å². The quantitative estimate of drug-likeness (QED) is 0.337. The number of hydroxylamine groups is 1. The van der Waals surface area contributed by atoms with Crippen molar-refractivity contribution in [1.82, 2.24) is 5.48 Å². The van der Waals surface area contributed by atoms with Gasteiger partial charge in [0.15, 0.2) is 5.34 Å². The zero-order chi connectivity index (χ0) is 6.95. The lowest BCUT2D eigenvalue weighted by Gasteiger charge is -1.95. The van der Waals surface area contributed by atoms with E-state index in [4.69, 9.17) is 0 Å². The molecule has 0 saturated carbocycles. The Kier molecular flexibility index (Phi) is 6.84. The highest BCUT2D eigenvalue weighted by Gasteiger charge is 1.84. The monoisotopic (exact) mass is 132 g/mol. The summed E-state index contributed by atoms with van der Waals surface area (Å²) in [5, 5.41) is 2.17. The maximum Gasteiger partial charge on any atom is 0.176 e. The van der Waals surface area contributed by atoms with Crippen molar-refractivity contribution in [2.45, 2.75) is 26.2 Å². The Bertz CT molecular complexity index is 68.0. The fourth-order valence-electron chi connectivity index (χ4n) is 0.519. The van der Waals surface area contributed by atoms with Crippen molar-refractivity contribution >= 4 is 0 Å². The first-order valence-corrected chi connectivity index (χ1v) is 3.13. The van der Waals surface area contributed by atoms with E-state index in [2.05, 4.69) is 22.7 Å². The van der Waals surface area contributed by atoms with E-state index < -0.39 is 0 Å². The molecule has 0 heterocycles. The summed E-state index contributed by atoms with van der Waals surface area (Å²) in [7, 11) is 0. The second-order valence-electron chi connectivity index (χ2n) is 1.77. The molecule has 0 unspecified atom stereocenters. The first-order valence-electron chi connectivity index (χ1n) is 3.13. The van der Waals surface area contributed by atoms with Gasteiger partial charge in [-0.3, -0.25) is 4.94 Å². The van der Waals surface area contributed by atoms with E-state index in [0.29, 0.717) is 6.54 Å². The molecule has 0 amide bonds. The first-order chi connectivity index (χ1) is 4.41. The van der Waals surface area contributed by atoms with Crippen molar-refractivity contribution in [3.63, 3.8) is 0 Å². The maximum absolute atomic E-state index is 9.30. The number of nitrogens with one attached hydrogen (secondary N) is 1. The van der Waals surface area contributed by atoms with Crippen LogP contribution in [-0.2, 0) is 4.94 Å². The molecular weight excluding hydrogens is 120 g/mol. The van der Waals surface area contributed by atoms with Gasteiger partial charge in [0.2, 0.25) is 0 Å². The fourth-order valence-corrected chi connectivity index (χ4v) is 0.519. The molecule has 1 N–H and O–H groups in total. The van der Waals surface area contributed by atoms with Crippen molar-refractivity contribution < 1.29 is 4.94 Å². The molecule has 0 aromatic heterocycles. The second-order valence-corrected chi connectivity index (χ2v) is 1.77. The Balaban J connectivity index is 2.66. The van der Waals surface area contributed by atoms with Crippen LogP contribution in [0.1, 0.15) is 26.2 Å². The van der Waals surface area contributed by atoms with E-state index in [1.807, 2.05) is 0 Å². The van der Waals surface area contributed by atoms with Crippen LogP contribution < -0.4 is 5.48 Å². The van der Waals surface area contributed by atoms with E-state index >= 15 is 0 Å². The molecule has 0 aliphatic carbocycles. The lowest BCUT2D eigenvalue weighted by molar-refractivity contribution is 0.0421. The molecule has 9 heavy (non-hydrogen) atoms. The SMILES string of the molecule is CCCCCNON=O. The van der Waals surface area contributed by atoms with E-state index in [0.717, 1.165) is 19.3 Å². The topological polar surface area (TPSA) is 50.7 Å². The third kappa shape index (κ3) is 7.36. The van der Waals surface area contributed by atoms with Crippen LogP contribution in [0.5, 0.6) is 0 Å². The van der Waals surface area contributed by atoms with E-state index in [1.165, 1.54) is 0 Å². The van der Waals surface area contributed by atoms with Gasteiger partial charge in [-0.25, -0.2) is 0 Å². The molecule has 0 aromatic carbocycles. The smallest absolute Gasteiger partial charge is 0.176 e. The molecule has 0 aromatic rings. The second kappa shape index (κ2) is 7.36. The van der Waals surface area contributed by atoms with Gasteiger partial charge in [0.25, 0.3) is 0 Å². The predicted molar refractivity (Wildman–Crippen MR) is 34.4 cm³/mol. The molecule has 0 atom stereocenters. The van der Waals surface area contributed by atoms with E-state index in [1.54, 1.807) is 0 Å². The minimum absolute atomic E-state index is 0.694. The van der Waals surface area contributed by atoms with Crippen molar-refractivity contribution in [2.24, 2.45) is 5.34 Å². The van der Waals surface area contributed by atoms with E-state index in [9.17, 15) is 4.91 Å². The van der Waals surface area contributed by atoms with E-state index in [-0.39, 0.29) is 0 Å². The Morgan fingerprint density at radius 1 is 1.56 bits per heavy atom. The number of hydrogen-bond donors (Lipinski definition) is 1. The summed E-state index contributed by atoms with van der Waals surface area (Å²) in [4.78, 5) is 13.3. The van der Waals surface area contributed by atoms with Gasteiger partial charge in [0, 0.05) is 6.54 Å². The average molecular weight is 132 g/mol. The summed E-state index contributed by atoms with van der Waals surface area (Å²) in [6.45, 7) is 2.80. The molecule has 0 aliphatic rings. The number of rotatable bonds is 6. The highest BCUT2D eigenvalue weighted by molar-refractivity contribution is 4.36. The Hall–Kier alpha value is -0.640. The lowest BCUT2D eigenvalue weighted by Crippen LogP contribution is -2.11. The highest BCUT2D eigenvalue weighted by Crippen LogP contribution is 1.90. The molecule has 0 radical (unpaired) electrons. The van der Waals surface area contributed by atoms with Crippen molar-refractivity contribution in [2.75, 3.05) is 6.54 Å². The molecule has 0 fully saturated rings. The minimum Gasteiger partial charge on any atom is -0.263 e. The standard InChI is InChI=1S/C5H12N2O2/c1-2-3-4-5-6-9-7-8/h6H,2-5H2,1H3. The summed E-state index contributed by atoms with van der Waals surface area (Å²) in [6, 6.07) is 0. The van der Waals surface area contributed by atoms with Crippen molar-refractivity contribution in [3.05, 3.63) is 4.91 Å². The minimum atomic E-state index is 0.694. The Morgan fingerprint density at radius 2 is 2.33 bits per heavy atom. The zero-order valence-corrected chi connectivity index (χ0v) is 5.59. The maximum atomic E-state index is 9.30. The third-order valence-electron chi connectivity index (χ3n) is 0.984. The first kappa shape index (κ1) is 8.36. The highest BCUT2D eigenvalue weighted by atomic mass is 16.8. The van der Waals surface area contributed by atoms with Gasteiger partial charge in [-0.2, -0.15) is 0 Å². The molecule has 0 spiro atoms. The average Bonchev–Trinajstić information content (AvgIpc) is 1.89. The van der Waals surface area contributed by atoms with Gasteiger partial charge in [-0.1, -0.05) is 19.8 Å². The Labute approximate surface area is 54.5 Å². The predicted octanol–water partition coefficient (Wildman–Crippen LogP) is 1.38. The van der Waals surface area contributed by atoms with Gasteiger partial charge >= 0.3 is 0 Å². The molecule has 0 aliphatic heterocycles. The summed E-state index contributed by atoms with van der Waals surface area (Å²) < 4.78 is 0. The molecule has 4 heteroatoms. The molecule has 0 bridgehead atoms. The lowest BCUT2D eigenvalue weighted by atomic mass is 10.3. The van der Waals surface area contributed by atoms with Crippen LogP contribution in [0.2, 0.25) is 0 Å². The summed E-state index contributed by atoms with van der Waals surface area (Å²) in [6.07, 6.45) is 3.33. The molecular formula is C5H12N2O2. The molecule has 0 rings (SSSR count). The van der Waals surface area contributed by atoms with Gasteiger partial charge in [-0.15, -0.1) is 10.4 Å². The number of nitrogens with zero attached hydrogens (tertiary/aromatic N) is 1. The van der Waals surface area contributed by atoms with Crippen molar-refractivity contribution in [3.8, 4) is 0 Å². The van der Waals surface area contributed by atoms with Gasteiger partial charge < -0.3 is 0 Å². The summed E-state index contributed by atoms with van der Waals surface area (Å²) in [5.74, 6) is 0.